The van der Waals surface area contributed by atoms with Crippen LogP contribution in [0.1, 0.15) is 12.8 Å². The lowest BCUT2D eigenvalue weighted by Crippen LogP contribution is -2.14. The Balaban J connectivity index is 2.40. The number of rotatable bonds is 4. The predicted octanol–water partition coefficient (Wildman–Crippen LogP) is 0.555. The van der Waals surface area contributed by atoms with Crippen LogP contribution in [-0.2, 0) is 14.3 Å². The van der Waals surface area contributed by atoms with Gasteiger partial charge in [0.25, 0.3) is 0 Å². The van der Waals surface area contributed by atoms with E-state index in [1.165, 1.54) is 13.3 Å². The summed E-state index contributed by atoms with van der Waals surface area (Å²) in [6.07, 6.45) is 1.59. The number of hydrogen-bond donors (Lipinski definition) is 2. The van der Waals surface area contributed by atoms with Crippen molar-refractivity contribution < 1.29 is 14.3 Å². The second-order valence-electron chi connectivity index (χ2n) is 3.10. The zero-order valence-electron chi connectivity index (χ0n) is 8.90. The van der Waals surface area contributed by atoms with E-state index >= 15 is 0 Å². The Morgan fingerprint density at radius 3 is 2.75 bits per heavy atom. The number of aromatic nitrogens is 1. The molecule has 86 valence electrons. The van der Waals surface area contributed by atoms with Crippen molar-refractivity contribution in [3.05, 3.63) is 18.3 Å². The van der Waals surface area contributed by atoms with Gasteiger partial charge in [-0.05, 0) is 12.1 Å². The van der Waals surface area contributed by atoms with Crippen molar-refractivity contribution in [2.45, 2.75) is 12.8 Å². The zero-order valence-corrected chi connectivity index (χ0v) is 8.90. The van der Waals surface area contributed by atoms with Crippen molar-refractivity contribution in [2.75, 3.05) is 18.2 Å². The molecule has 0 aromatic carbocycles. The largest absolute Gasteiger partial charge is 0.469 e. The summed E-state index contributed by atoms with van der Waals surface area (Å²) in [5, 5.41) is 2.58. The van der Waals surface area contributed by atoms with E-state index in [2.05, 4.69) is 15.0 Å². The fourth-order valence-corrected chi connectivity index (χ4v) is 1.02. The van der Waals surface area contributed by atoms with Crippen LogP contribution in [0.5, 0.6) is 0 Å². The maximum Gasteiger partial charge on any atom is 0.306 e. The number of carbonyl (C=O) groups is 2. The molecule has 6 heteroatoms. The quantitative estimate of drug-likeness (QED) is 0.727. The van der Waals surface area contributed by atoms with E-state index in [1.54, 1.807) is 12.1 Å². The molecule has 0 unspecified atom stereocenters. The third-order valence-electron chi connectivity index (χ3n) is 1.85. The van der Waals surface area contributed by atoms with Crippen LogP contribution in [-0.4, -0.2) is 24.0 Å². The lowest BCUT2D eigenvalue weighted by molar-refractivity contribution is -0.141. The van der Waals surface area contributed by atoms with Crippen LogP contribution in [0.4, 0.5) is 11.5 Å². The van der Waals surface area contributed by atoms with E-state index in [9.17, 15) is 9.59 Å². The molecule has 0 radical (unpaired) electrons. The molecule has 1 heterocycles. The summed E-state index contributed by atoms with van der Waals surface area (Å²) >= 11 is 0. The molecule has 1 aromatic rings. The van der Waals surface area contributed by atoms with Gasteiger partial charge in [-0.25, -0.2) is 4.98 Å². The maximum atomic E-state index is 11.3. The highest BCUT2D eigenvalue weighted by molar-refractivity contribution is 5.92. The molecule has 1 aromatic heterocycles. The average molecular weight is 223 g/mol. The van der Waals surface area contributed by atoms with E-state index < -0.39 is 5.97 Å². The number of anilines is 2. The number of nitrogens with zero attached hydrogens (tertiary/aromatic N) is 1. The van der Waals surface area contributed by atoms with Gasteiger partial charge in [-0.15, -0.1) is 0 Å². The van der Waals surface area contributed by atoms with Crippen LogP contribution in [0.3, 0.4) is 0 Å². The van der Waals surface area contributed by atoms with Crippen molar-refractivity contribution in [3.63, 3.8) is 0 Å². The fraction of sp³-hybridized carbons (Fsp3) is 0.300. The number of methoxy groups -OCH3 is 1. The van der Waals surface area contributed by atoms with Gasteiger partial charge in [-0.3, -0.25) is 9.59 Å². The number of hydrogen-bond acceptors (Lipinski definition) is 5. The number of ether oxygens (including phenoxy) is 1. The minimum absolute atomic E-state index is 0.0603. The molecular formula is C10H13N3O3. The molecule has 1 rings (SSSR count). The molecule has 0 atom stereocenters. The van der Waals surface area contributed by atoms with Crippen molar-refractivity contribution in [2.24, 2.45) is 0 Å². The van der Waals surface area contributed by atoms with Crippen LogP contribution in [0.15, 0.2) is 18.3 Å². The predicted molar refractivity (Wildman–Crippen MR) is 58.5 cm³/mol. The number of nitrogens with two attached hydrogens (primary N) is 1. The molecule has 0 saturated heterocycles. The maximum absolute atomic E-state index is 11.3. The zero-order chi connectivity index (χ0) is 12.0. The van der Waals surface area contributed by atoms with Gasteiger partial charge in [0.15, 0.2) is 0 Å². The van der Waals surface area contributed by atoms with Gasteiger partial charge in [0.2, 0.25) is 5.91 Å². The third kappa shape index (κ3) is 3.95. The van der Waals surface area contributed by atoms with Gasteiger partial charge in [-0.1, -0.05) is 0 Å². The number of nitrogens with one attached hydrogen (secondary N) is 1. The Labute approximate surface area is 92.8 Å². The molecule has 16 heavy (non-hydrogen) atoms. The van der Waals surface area contributed by atoms with E-state index in [0.29, 0.717) is 11.5 Å². The molecule has 1 amide bonds. The normalized spacial score (nSPS) is 9.56. The highest BCUT2D eigenvalue weighted by Gasteiger charge is 2.06. The summed E-state index contributed by atoms with van der Waals surface area (Å²) in [6, 6.07) is 3.22. The molecule has 0 aliphatic heterocycles. The molecule has 6 nitrogen and oxygen atoms in total. The highest BCUT2D eigenvalue weighted by atomic mass is 16.5. The fourth-order valence-electron chi connectivity index (χ4n) is 1.02. The number of pyridine rings is 1. The first-order chi connectivity index (χ1) is 7.61. The molecule has 3 N–H and O–H groups in total. The monoisotopic (exact) mass is 223 g/mol. The lowest BCUT2D eigenvalue weighted by Gasteiger charge is -2.04. The molecule has 0 spiro atoms. The SMILES string of the molecule is COC(=O)CCC(=O)Nc1ccc(N)nc1. The minimum Gasteiger partial charge on any atom is -0.469 e. The Bertz CT molecular complexity index is 375. The van der Waals surface area contributed by atoms with Crippen LogP contribution < -0.4 is 11.1 Å². The molecular weight excluding hydrogens is 210 g/mol. The van der Waals surface area contributed by atoms with Crippen LogP contribution in [0, 0.1) is 0 Å². The summed E-state index contributed by atoms with van der Waals surface area (Å²) in [6.45, 7) is 0. The second-order valence-corrected chi connectivity index (χ2v) is 3.10. The van der Waals surface area contributed by atoms with Gasteiger partial charge in [0.05, 0.1) is 25.4 Å². The number of nitrogen functional groups attached to an aromatic ring is 1. The number of carbonyl (C=O) groups excluding carboxylic acids is 2. The van der Waals surface area contributed by atoms with Gasteiger partial charge in [0, 0.05) is 6.42 Å². The summed E-state index contributed by atoms with van der Waals surface area (Å²) in [5.41, 5.74) is 5.93. The van der Waals surface area contributed by atoms with E-state index in [4.69, 9.17) is 5.73 Å². The Hall–Kier alpha value is -2.11. The number of esters is 1. The van der Waals surface area contributed by atoms with Crippen LogP contribution >= 0.6 is 0 Å². The van der Waals surface area contributed by atoms with E-state index in [-0.39, 0.29) is 18.7 Å². The van der Waals surface area contributed by atoms with Crippen molar-refractivity contribution >= 4 is 23.4 Å². The lowest BCUT2D eigenvalue weighted by atomic mass is 10.3. The van der Waals surface area contributed by atoms with Crippen molar-refractivity contribution in [3.8, 4) is 0 Å². The average Bonchev–Trinajstić information content (AvgIpc) is 2.29. The van der Waals surface area contributed by atoms with Crippen LogP contribution in [0.2, 0.25) is 0 Å². The summed E-state index contributed by atoms with van der Waals surface area (Å²) < 4.78 is 4.42. The molecule has 0 fully saturated rings. The Kier molecular flexibility index (Phi) is 4.26. The molecule has 0 saturated carbocycles. The van der Waals surface area contributed by atoms with Crippen molar-refractivity contribution in [1.82, 2.24) is 4.98 Å². The highest BCUT2D eigenvalue weighted by Crippen LogP contribution is 2.07. The molecule has 0 aliphatic carbocycles. The van der Waals surface area contributed by atoms with Gasteiger partial charge < -0.3 is 15.8 Å². The van der Waals surface area contributed by atoms with Crippen LogP contribution in [0.25, 0.3) is 0 Å². The summed E-state index contributed by atoms with van der Waals surface area (Å²) in [4.78, 5) is 25.9. The van der Waals surface area contributed by atoms with Gasteiger partial charge in [-0.2, -0.15) is 0 Å². The van der Waals surface area contributed by atoms with E-state index in [1.807, 2.05) is 0 Å². The standard InChI is InChI=1S/C10H13N3O3/c1-16-10(15)5-4-9(14)13-7-2-3-8(11)12-6-7/h2-3,6H,4-5H2,1H3,(H2,11,12)(H,13,14). The minimum atomic E-state index is -0.411. The second kappa shape index (κ2) is 5.69. The Morgan fingerprint density at radius 1 is 1.44 bits per heavy atom. The van der Waals surface area contributed by atoms with Gasteiger partial charge in [0.1, 0.15) is 5.82 Å². The van der Waals surface area contributed by atoms with E-state index in [0.717, 1.165) is 0 Å². The first kappa shape index (κ1) is 12.0. The van der Waals surface area contributed by atoms with Crippen molar-refractivity contribution in [1.29, 1.82) is 0 Å². The third-order valence-corrected chi connectivity index (χ3v) is 1.85. The first-order valence-electron chi connectivity index (χ1n) is 4.70. The smallest absolute Gasteiger partial charge is 0.306 e. The summed E-state index contributed by atoms with van der Waals surface area (Å²) in [5.74, 6) is -0.296. The summed E-state index contributed by atoms with van der Waals surface area (Å²) in [7, 11) is 1.28. The first-order valence-corrected chi connectivity index (χ1v) is 4.70. The number of amides is 1. The topological polar surface area (TPSA) is 94.3 Å². The molecule has 0 bridgehead atoms. The Morgan fingerprint density at radius 2 is 2.19 bits per heavy atom. The molecule has 0 aliphatic rings. The van der Waals surface area contributed by atoms with Gasteiger partial charge >= 0.3 is 5.97 Å².